The smallest absolute Gasteiger partial charge is 0.271 e. The Balaban J connectivity index is 1.57. The molecular weight excluding hydrogens is 418 g/mol. The second-order valence-electron chi connectivity index (χ2n) is 8.16. The summed E-state index contributed by atoms with van der Waals surface area (Å²) in [5.41, 5.74) is 3.91. The zero-order chi connectivity index (χ0) is 22.8. The lowest BCUT2D eigenvalue weighted by atomic mass is 10.0. The predicted molar refractivity (Wildman–Crippen MR) is 127 cm³/mol. The van der Waals surface area contributed by atoms with E-state index < -0.39 is 4.92 Å². The van der Waals surface area contributed by atoms with Crippen LogP contribution in [0.4, 0.5) is 11.4 Å². The van der Waals surface area contributed by atoms with E-state index in [0.29, 0.717) is 27.9 Å². The Bertz CT molecular complexity index is 1320. The van der Waals surface area contributed by atoms with Crippen LogP contribution in [0.1, 0.15) is 29.7 Å². The van der Waals surface area contributed by atoms with Gasteiger partial charge in [0, 0.05) is 30.3 Å². The lowest BCUT2D eigenvalue weighted by Crippen LogP contribution is -2.18. The fourth-order valence-electron chi connectivity index (χ4n) is 4.27. The highest BCUT2D eigenvalue weighted by atomic mass is 16.6. The standard InChI is InChI=1S/C25H23N5O3/c31-25-23(20-11-10-19(30(32)33)15-22(20)28-25)24(21-5-1-2-12-26-21)27-18-8-6-17(7-9-18)16-29-13-3-4-14-29/h1-2,5-12,15,28,31H,3-4,13-14,16H2. The van der Waals surface area contributed by atoms with Gasteiger partial charge in [0.15, 0.2) is 5.88 Å². The number of aliphatic imine (C=N–C) groups is 1. The maximum absolute atomic E-state index is 11.2. The van der Waals surface area contributed by atoms with Gasteiger partial charge in [-0.25, -0.2) is 4.99 Å². The van der Waals surface area contributed by atoms with Crippen LogP contribution in [0.5, 0.6) is 5.88 Å². The number of aromatic hydroxyl groups is 1. The molecule has 1 aliphatic heterocycles. The summed E-state index contributed by atoms with van der Waals surface area (Å²) < 4.78 is 0. The van der Waals surface area contributed by atoms with E-state index in [1.165, 1.54) is 30.5 Å². The van der Waals surface area contributed by atoms with Crippen molar-refractivity contribution in [2.75, 3.05) is 13.1 Å². The zero-order valence-electron chi connectivity index (χ0n) is 17.9. The molecule has 4 aromatic rings. The Labute approximate surface area is 190 Å². The van der Waals surface area contributed by atoms with Gasteiger partial charge in [-0.2, -0.15) is 0 Å². The summed E-state index contributed by atoms with van der Waals surface area (Å²) in [5.74, 6) is -0.111. The number of nitro groups is 1. The van der Waals surface area contributed by atoms with Gasteiger partial charge in [0.05, 0.1) is 27.4 Å². The molecule has 2 N–H and O–H groups in total. The number of fused-ring (bicyclic) bond motifs is 1. The molecule has 0 spiro atoms. The van der Waals surface area contributed by atoms with E-state index in [2.05, 4.69) is 27.0 Å². The van der Waals surface area contributed by atoms with E-state index >= 15 is 0 Å². The van der Waals surface area contributed by atoms with Gasteiger partial charge in [0.1, 0.15) is 5.71 Å². The molecule has 33 heavy (non-hydrogen) atoms. The lowest BCUT2D eigenvalue weighted by molar-refractivity contribution is -0.384. The molecule has 166 valence electrons. The Hall–Kier alpha value is -4.04. The highest BCUT2D eigenvalue weighted by Gasteiger charge is 2.21. The van der Waals surface area contributed by atoms with E-state index in [-0.39, 0.29) is 11.6 Å². The van der Waals surface area contributed by atoms with Gasteiger partial charge in [0.25, 0.3) is 5.69 Å². The molecule has 0 radical (unpaired) electrons. The highest BCUT2D eigenvalue weighted by molar-refractivity contribution is 6.21. The van der Waals surface area contributed by atoms with Crippen LogP contribution in [0.3, 0.4) is 0 Å². The quantitative estimate of drug-likeness (QED) is 0.250. The first kappa shape index (κ1) is 20.8. The van der Waals surface area contributed by atoms with Crippen molar-refractivity contribution in [3.63, 3.8) is 0 Å². The van der Waals surface area contributed by atoms with Gasteiger partial charge in [-0.15, -0.1) is 0 Å². The molecule has 3 heterocycles. The van der Waals surface area contributed by atoms with Crippen LogP contribution in [-0.4, -0.2) is 43.7 Å². The zero-order valence-corrected chi connectivity index (χ0v) is 17.9. The lowest BCUT2D eigenvalue weighted by Gasteiger charge is -2.14. The van der Waals surface area contributed by atoms with Crippen LogP contribution < -0.4 is 0 Å². The average Bonchev–Trinajstić information content (AvgIpc) is 3.45. The van der Waals surface area contributed by atoms with Crippen molar-refractivity contribution < 1.29 is 10.0 Å². The number of hydrogen-bond acceptors (Lipinski definition) is 6. The molecule has 0 amide bonds. The van der Waals surface area contributed by atoms with Crippen LogP contribution >= 0.6 is 0 Å². The molecular formula is C25H23N5O3. The van der Waals surface area contributed by atoms with Crippen molar-refractivity contribution in [2.24, 2.45) is 4.99 Å². The Morgan fingerprint density at radius 3 is 2.61 bits per heavy atom. The van der Waals surface area contributed by atoms with Crippen LogP contribution in [0.25, 0.3) is 10.9 Å². The second kappa shape index (κ2) is 8.84. The molecule has 2 aromatic carbocycles. The molecule has 2 aromatic heterocycles. The molecule has 0 aliphatic carbocycles. The normalized spacial score (nSPS) is 14.7. The minimum atomic E-state index is -0.464. The Kier molecular flexibility index (Phi) is 5.58. The summed E-state index contributed by atoms with van der Waals surface area (Å²) in [4.78, 5) is 25.3. The van der Waals surface area contributed by atoms with E-state index in [1.54, 1.807) is 12.3 Å². The van der Waals surface area contributed by atoms with Crippen molar-refractivity contribution >= 4 is 28.0 Å². The number of H-pyrrole nitrogens is 1. The number of nitrogens with zero attached hydrogens (tertiary/aromatic N) is 4. The first-order valence-corrected chi connectivity index (χ1v) is 10.9. The number of aromatic amines is 1. The van der Waals surface area contributed by atoms with Crippen molar-refractivity contribution in [3.05, 3.63) is 93.8 Å². The first-order chi connectivity index (χ1) is 16.1. The van der Waals surface area contributed by atoms with Gasteiger partial charge in [-0.1, -0.05) is 18.2 Å². The van der Waals surface area contributed by atoms with Crippen LogP contribution in [0, 0.1) is 10.1 Å². The molecule has 5 rings (SSSR count). The third kappa shape index (κ3) is 4.33. The van der Waals surface area contributed by atoms with Crippen LogP contribution in [0.15, 0.2) is 71.9 Å². The number of nitrogens with one attached hydrogen (secondary N) is 1. The number of hydrogen-bond donors (Lipinski definition) is 2. The number of nitro benzene ring substituents is 1. The number of non-ortho nitro benzene ring substituents is 1. The molecule has 0 bridgehead atoms. The fourth-order valence-corrected chi connectivity index (χ4v) is 4.27. The molecule has 1 saturated heterocycles. The molecule has 1 aliphatic rings. The molecule has 1 fully saturated rings. The van der Waals surface area contributed by atoms with E-state index in [0.717, 1.165) is 25.3 Å². The van der Waals surface area contributed by atoms with E-state index in [1.807, 2.05) is 30.3 Å². The maximum Gasteiger partial charge on any atom is 0.271 e. The summed E-state index contributed by atoms with van der Waals surface area (Å²) in [5, 5.41) is 22.5. The molecule has 0 atom stereocenters. The third-order valence-electron chi connectivity index (χ3n) is 5.90. The van der Waals surface area contributed by atoms with Gasteiger partial charge in [-0.3, -0.25) is 20.0 Å². The summed E-state index contributed by atoms with van der Waals surface area (Å²) in [6.07, 6.45) is 4.18. The van der Waals surface area contributed by atoms with Crippen LogP contribution in [-0.2, 0) is 6.54 Å². The van der Waals surface area contributed by atoms with Crippen molar-refractivity contribution in [1.82, 2.24) is 14.9 Å². The minimum Gasteiger partial charge on any atom is -0.494 e. The van der Waals surface area contributed by atoms with Gasteiger partial charge < -0.3 is 10.1 Å². The Morgan fingerprint density at radius 2 is 1.91 bits per heavy atom. The molecule has 8 nitrogen and oxygen atoms in total. The monoisotopic (exact) mass is 441 g/mol. The predicted octanol–water partition coefficient (Wildman–Crippen LogP) is 4.94. The summed E-state index contributed by atoms with van der Waals surface area (Å²) in [6, 6.07) is 18.0. The third-order valence-corrected chi connectivity index (χ3v) is 5.90. The molecule has 8 heteroatoms. The number of likely N-dealkylation sites (tertiary alicyclic amines) is 1. The second-order valence-corrected chi connectivity index (χ2v) is 8.16. The number of aromatic nitrogens is 2. The van der Waals surface area contributed by atoms with Gasteiger partial charge in [0.2, 0.25) is 0 Å². The first-order valence-electron chi connectivity index (χ1n) is 10.9. The average molecular weight is 441 g/mol. The number of benzene rings is 2. The fraction of sp³-hybridized carbons (Fsp3) is 0.200. The molecule has 0 saturated carbocycles. The maximum atomic E-state index is 11.2. The van der Waals surface area contributed by atoms with E-state index in [9.17, 15) is 15.2 Å². The van der Waals surface area contributed by atoms with Crippen molar-refractivity contribution in [3.8, 4) is 5.88 Å². The topological polar surface area (TPSA) is 108 Å². The number of rotatable bonds is 6. The van der Waals surface area contributed by atoms with Crippen molar-refractivity contribution in [2.45, 2.75) is 19.4 Å². The van der Waals surface area contributed by atoms with E-state index in [4.69, 9.17) is 4.99 Å². The summed E-state index contributed by atoms with van der Waals surface area (Å²) in [7, 11) is 0. The van der Waals surface area contributed by atoms with Crippen molar-refractivity contribution in [1.29, 1.82) is 0 Å². The largest absolute Gasteiger partial charge is 0.494 e. The summed E-state index contributed by atoms with van der Waals surface area (Å²) in [6.45, 7) is 3.21. The Morgan fingerprint density at radius 1 is 1.12 bits per heavy atom. The molecule has 0 unspecified atom stereocenters. The number of pyridine rings is 1. The summed E-state index contributed by atoms with van der Waals surface area (Å²) >= 11 is 0. The highest BCUT2D eigenvalue weighted by Crippen LogP contribution is 2.33. The van der Waals surface area contributed by atoms with Gasteiger partial charge >= 0.3 is 0 Å². The minimum absolute atomic E-state index is 0.0554. The SMILES string of the molecule is O=[N+]([O-])c1ccc2c(C(=Nc3ccc(CN4CCCC4)cc3)c3ccccn3)c(O)[nH]c2c1. The van der Waals surface area contributed by atoms with Gasteiger partial charge in [-0.05, 0) is 61.8 Å². The van der Waals surface area contributed by atoms with Crippen LogP contribution in [0.2, 0.25) is 0 Å².